The SMILES string of the molecule is CC.N=C(Cc1ccc(F)c(C(=O)N2CCN(C(=O)CN([C-]=O)CCOCCN)CC2)c1)c1ccccc1C(N)=O.[B]C.[Fm]. The molecule has 2 aromatic carbocycles. The molecular formula is C30H41BFFmN6O5-. The first kappa shape index (κ1) is 38.9. The number of benzene rings is 2. The van der Waals surface area contributed by atoms with E-state index in [4.69, 9.17) is 21.6 Å². The molecule has 244 valence electrons. The van der Waals surface area contributed by atoms with Crippen LogP contribution in [0.15, 0.2) is 42.5 Å². The molecule has 0 bridgehead atoms. The van der Waals surface area contributed by atoms with E-state index in [1.807, 2.05) is 13.8 Å². The van der Waals surface area contributed by atoms with Gasteiger partial charge in [0.05, 0.1) is 33.2 Å². The molecule has 0 unspecified atom stereocenters. The van der Waals surface area contributed by atoms with Crippen LogP contribution in [0.2, 0.25) is 6.82 Å². The molecule has 5 N–H and O–H groups in total. The Hall–Kier alpha value is -5.10. The molecule has 0 aliphatic carbocycles. The topological polar surface area (TPSA) is 163 Å². The van der Waals surface area contributed by atoms with Crippen molar-refractivity contribution in [2.45, 2.75) is 27.1 Å². The number of piperazine rings is 1. The quantitative estimate of drug-likeness (QED) is 0.0908. The number of nitrogens with two attached hydrogens (primary N) is 2. The monoisotopic (exact) mass is 852 g/mol. The van der Waals surface area contributed by atoms with Gasteiger partial charge in [-0.15, -0.1) is 0 Å². The number of nitrogens with one attached hydrogen (secondary N) is 1. The molecule has 14 heteroatoms. The molecular weight excluding hydrogens is 811 g/mol. The van der Waals surface area contributed by atoms with E-state index < -0.39 is 17.6 Å². The summed E-state index contributed by atoms with van der Waals surface area (Å²) in [6.45, 7) is 7.35. The van der Waals surface area contributed by atoms with Crippen LogP contribution in [0, 0.1) is 11.2 Å². The molecule has 2 aromatic rings. The van der Waals surface area contributed by atoms with E-state index in [0.29, 0.717) is 24.3 Å². The molecule has 1 heterocycles. The third-order valence-corrected chi connectivity index (χ3v) is 6.30. The average molecular weight is 853 g/mol. The van der Waals surface area contributed by atoms with E-state index in [2.05, 4.69) is 7.85 Å². The first-order valence-corrected chi connectivity index (χ1v) is 14.1. The summed E-state index contributed by atoms with van der Waals surface area (Å²) in [7, 11) is 4.50. The summed E-state index contributed by atoms with van der Waals surface area (Å²) in [4.78, 5) is 52.8. The molecule has 1 aliphatic rings. The number of halogens is 1. The molecule has 0 saturated carbocycles. The molecule has 0 aromatic heterocycles. The number of nitrogens with zero attached hydrogens (tertiary/aromatic N) is 3. The van der Waals surface area contributed by atoms with Crippen molar-refractivity contribution in [3.8, 4) is 0 Å². The van der Waals surface area contributed by atoms with Crippen molar-refractivity contribution in [3.63, 3.8) is 0 Å². The van der Waals surface area contributed by atoms with Gasteiger partial charge in [0, 0.05) is 62.5 Å². The van der Waals surface area contributed by atoms with Crippen molar-refractivity contribution >= 4 is 37.7 Å². The maximum atomic E-state index is 14.7. The van der Waals surface area contributed by atoms with Crippen LogP contribution < -0.4 is 11.5 Å². The van der Waals surface area contributed by atoms with Crippen molar-refractivity contribution in [2.24, 2.45) is 11.5 Å². The number of ether oxygens (including phenoxy) is 1. The van der Waals surface area contributed by atoms with Gasteiger partial charge in [0.2, 0.25) is 11.8 Å². The Balaban J connectivity index is 0.00000355. The van der Waals surface area contributed by atoms with Crippen molar-refractivity contribution in [1.82, 2.24) is 14.7 Å². The second-order valence-electron chi connectivity index (χ2n) is 8.97. The van der Waals surface area contributed by atoms with Gasteiger partial charge in [0.15, 0.2) is 0 Å². The Bertz CT molecular complexity index is 1230. The summed E-state index contributed by atoms with van der Waals surface area (Å²) in [5, 5.41) is 8.44. The van der Waals surface area contributed by atoms with Crippen LogP contribution in [0.5, 0.6) is 0 Å². The zero-order chi connectivity index (χ0) is 32.4. The van der Waals surface area contributed by atoms with Crippen molar-refractivity contribution in [2.75, 3.05) is 59.0 Å². The van der Waals surface area contributed by atoms with E-state index in [1.54, 1.807) is 29.5 Å². The van der Waals surface area contributed by atoms with Gasteiger partial charge in [-0.1, -0.05) is 44.9 Å². The normalized spacial score (nSPS) is 11.9. The van der Waals surface area contributed by atoms with Gasteiger partial charge in [0.1, 0.15) is 5.82 Å². The standard InChI is InChI=1S/C27H32FN6O5.C2H6.CH3B.Fm/c28-23-6-5-19(16-24(30)20-3-1-2-4-21(20)26(31)37)15-22(23)27(38)34-10-8-33(9-11-34)25(36)17-32(18-35)12-14-39-13-7-29;2*1-2;/h1-6,15,30H,7-14,16-17,29H2,(H2,31,37);1-2H3;1H3;/q-1;;;. The Morgan fingerprint density at radius 3 is 2.16 bits per heavy atom. The molecule has 0 spiro atoms. The van der Waals surface area contributed by atoms with Crippen LogP contribution in [0.25, 0.3) is 0 Å². The zero-order valence-corrected chi connectivity index (χ0v) is 27.8. The minimum atomic E-state index is -0.694. The number of amides is 4. The minimum Gasteiger partial charge on any atom is -0.520 e. The maximum absolute atomic E-state index is 14.7. The van der Waals surface area contributed by atoms with Crippen LogP contribution in [0.4, 0.5) is 4.39 Å². The van der Waals surface area contributed by atoms with Gasteiger partial charge in [-0.05, 0) is 23.8 Å². The van der Waals surface area contributed by atoms with Crippen molar-refractivity contribution in [1.29, 1.82) is 5.41 Å². The smallest absolute Gasteiger partial charge is 0.256 e. The molecule has 4 amide bonds. The fraction of sp³-hybridized carbons (Fsp3) is 0.433. The number of carbonyl (C=O) groups excluding carboxylic acids is 4. The predicted octanol–water partition coefficient (Wildman–Crippen LogP) is 1.39. The Morgan fingerprint density at radius 2 is 1.59 bits per heavy atom. The molecule has 3 rings (SSSR count). The number of hydrogen-bond acceptors (Lipinski definition) is 7. The zero-order valence-electron chi connectivity index (χ0n) is 25.4. The van der Waals surface area contributed by atoms with E-state index >= 15 is 0 Å². The molecule has 2 radical (unpaired) electrons. The van der Waals surface area contributed by atoms with Crippen LogP contribution in [0.3, 0.4) is 0 Å². The summed E-state index contributed by atoms with van der Waals surface area (Å²) in [5.74, 6) is -2.16. The summed E-state index contributed by atoms with van der Waals surface area (Å²) in [5.41, 5.74) is 11.8. The first-order chi connectivity index (χ1) is 20.7. The summed E-state index contributed by atoms with van der Waals surface area (Å²) < 4.78 is 19.9. The fourth-order valence-corrected chi connectivity index (χ4v) is 4.22. The van der Waals surface area contributed by atoms with Crippen LogP contribution >= 0.6 is 0 Å². The second kappa shape index (κ2) is 20.7. The number of hydrogen-bond donors (Lipinski definition) is 3. The largest absolute Gasteiger partial charge is 0.520 e. The van der Waals surface area contributed by atoms with E-state index in [-0.39, 0.29) is 75.0 Å². The minimum absolute atomic E-state index is 0. The van der Waals surface area contributed by atoms with E-state index in [9.17, 15) is 23.6 Å². The van der Waals surface area contributed by atoms with Gasteiger partial charge in [-0.25, -0.2) is 4.39 Å². The van der Waals surface area contributed by atoms with Gasteiger partial charge < -0.3 is 41.1 Å². The van der Waals surface area contributed by atoms with Gasteiger partial charge in [0.25, 0.3) is 5.91 Å². The van der Waals surface area contributed by atoms with Gasteiger partial charge in [-0.2, -0.15) is 6.41 Å². The fourth-order valence-electron chi connectivity index (χ4n) is 4.22. The van der Waals surface area contributed by atoms with Crippen LogP contribution in [-0.4, -0.2) is 111 Å². The first-order valence-electron chi connectivity index (χ1n) is 14.1. The molecule has 11 nitrogen and oxygen atoms in total. The Kier molecular flexibility index (Phi) is 18.3. The Labute approximate surface area is 254 Å². The number of primary amides is 1. The average Bonchev–Trinajstić information content (AvgIpc) is 3.04. The third-order valence-electron chi connectivity index (χ3n) is 6.30. The molecule has 44 heavy (non-hydrogen) atoms. The summed E-state index contributed by atoms with van der Waals surface area (Å²) in [6.07, 6.45) is 1.79. The number of rotatable bonds is 13. The summed E-state index contributed by atoms with van der Waals surface area (Å²) in [6, 6.07) is 10.5. The van der Waals surface area contributed by atoms with Crippen LogP contribution in [0.1, 0.15) is 45.7 Å². The number of carbonyl (C=O) groups is 3. The van der Waals surface area contributed by atoms with Crippen molar-refractivity contribution < 1.29 is 28.3 Å². The Morgan fingerprint density at radius 1 is 1.00 bits per heavy atom. The molecule has 1 saturated heterocycles. The van der Waals surface area contributed by atoms with E-state index in [1.165, 1.54) is 40.9 Å². The molecule has 1 aliphatic heterocycles. The van der Waals surface area contributed by atoms with Gasteiger partial charge in [-0.3, -0.25) is 14.4 Å². The van der Waals surface area contributed by atoms with E-state index in [0.717, 1.165) is 0 Å². The van der Waals surface area contributed by atoms with Crippen molar-refractivity contribution in [3.05, 3.63) is 70.5 Å². The second-order valence-corrected chi connectivity index (χ2v) is 8.97. The predicted molar refractivity (Wildman–Crippen MR) is 164 cm³/mol. The van der Waals surface area contributed by atoms with Gasteiger partial charge >= 0.3 is 0 Å². The molecule has 0 atom stereocenters. The summed E-state index contributed by atoms with van der Waals surface area (Å²) >= 11 is 0. The van der Waals surface area contributed by atoms with Crippen LogP contribution in [-0.2, 0) is 20.7 Å². The third kappa shape index (κ3) is 11.3. The molecule has 1 fully saturated rings. The maximum Gasteiger partial charge on any atom is 0.256 e.